The molecule has 6 heteroatoms. The molecule has 1 aliphatic rings. The van der Waals surface area contributed by atoms with Gasteiger partial charge < -0.3 is 15.8 Å². The molecule has 3 rings (SSSR count). The lowest BCUT2D eigenvalue weighted by Crippen LogP contribution is -2.28. The highest BCUT2D eigenvalue weighted by Gasteiger charge is 2.36. The van der Waals surface area contributed by atoms with E-state index in [1.165, 1.54) is 0 Å². The highest BCUT2D eigenvalue weighted by atomic mass is 35.5. The molecule has 1 heterocycles. The Morgan fingerprint density at radius 1 is 1.19 bits per heavy atom. The van der Waals surface area contributed by atoms with Gasteiger partial charge in [-0.3, -0.25) is 4.79 Å². The second-order valence-electron chi connectivity index (χ2n) is 5.74. The van der Waals surface area contributed by atoms with Crippen LogP contribution in [0.1, 0.15) is 18.4 Å². The molecule has 0 aromatic heterocycles. The lowest BCUT2D eigenvalue weighted by atomic mass is 9.82. The van der Waals surface area contributed by atoms with E-state index in [0.717, 1.165) is 0 Å². The van der Waals surface area contributed by atoms with Gasteiger partial charge in [0.1, 0.15) is 17.4 Å². The summed E-state index contributed by atoms with van der Waals surface area (Å²) in [6.07, 6.45) is 0. The van der Waals surface area contributed by atoms with Crippen LogP contribution in [-0.4, -0.2) is 5.91 Å². The van der Waals surface area contributed by atoms with Gasteiger partial charge in [0.15, 0.2) is 0 Å². The number of halogens is 1. The average molecular weight is 366 g/mol. The molecular formula is C20H16ClN3O2. The molecule has 1 amide bonds. The molecule has 2 aromatic rings. The van der Waals surface area contributed by atoms with Crippen molar-refractivity contribution >= 4 is 23.2 Å². The molecule has 2 aromatic carbocycles. The first-order valence-electron chi connectivity index (χ1n) is 7.92. The van der Waals surface area contributed by atoms with Crippen LogP contribution in [0.4, 0.5) is 5.69 Å². The van der Waals surface area contributed by atoms with Gasteiger partial charge in [0.2, 0.25) is 5.88 Å². The largest absolute Gasteiger partial charge is 0.445 e. The molecule has 0 bridgehead atoms. The number of benzene rings is 2. The average Bonchev–Trinajstić information content (AvgIpc) is 2.62. The van der Waals surface area contributed by atoms with Crippen LogP contribution >= 0.6 is 11.6 Å². The first-order valence-corrected chi connectivity index (χ1v) is 8.30. The van der Waals surface area contributed by atoms with E-state index in [1.54, 1.807) is 43.3 Å². The molecule has 0 saturated carbocycles. The minimum Gasteiger partial charge on any atom is -0.445 e. The molecule has 3 N–H and O–H groups in total. The summed E-state index contributed by atoms with van der Waals surface area (Å²) in [5.41, 5.74) is 7.61. The fraction of sp³-hybridized carbons (Fsp3) is 0.100. The van der Waals surface area contributed by atoms with Crippen molar-refractivity contribution in [3.8, 4) is 6.07 Å². The number of nitrogens with zero attached hydrogens (tertiary/aromatic N) is 1. The molecule has 0 radical (unpaired) electrons. The van der Waals surface area contributed by atoms with Crippen LogP contribution in [0.3, 0.4) is 0 Å². The summed E-state index contributed by atoms with van der Waals surface area (Å²) in [6, 6.07) is 18.2. The Bertz CT molecular complexity index is 959. The Morgan fingerprint density at radius 3 is 2.50 bits per heavy atom. The first kappa shape index (κ1) is 17.6. The number of carbonyl (C=O) groups is 1. The molecule has 0 saturated heterocycles. The summed E-state index contributed by atoms with van der Waals surface area (Å²) in [5, 5.41) is 12.9. The third-order valence-electron chi connectivity index (χ3n) is 4.10. The number of nitrogens with one attached hydrogen (secondary N) is 1. The zero-order chi connectivity index (χ0) is 18.7. The standard InChI is InChI=1S/C20H16ClN3O2/c1-12-17(20(25)24-13-7-3-2-4-8-13)18(15(11-22)19(23)26-12)14-9-5-6-10-16(14)21/h2-10,18H,23H2,1H3,(H,24,25). The lowest BCUT2D eigenvalue weighted by molar-refractivity contribution is -0.113. The maximum absolute atomic E-state index is 13.0. The van der Waals surface area contributed by atoms with Gasteiger partial charge in [-0.05, 0) is 30.7 Å². The van der Waals surface area contributed by atoms with Gasteiger partial charge in [0, 0.05) is 10.7 Å². The molecule has 1 atom stereocenters. The molecule has 0 spiro atoms. The number of para-hydroxylation sites is 1. The van der Waals surface area contributed by atoms with Crippen molar-refractivity contribution in [1.82, 2.24) is 0 Å². The van der Waals surface area contributed by atoms with Gasteiger partial charge in [-0.25, -0.2) is 0 Å². The van der Waals surface area contributed by atoms with E-state index in [4.69, 9.17) is 22.1 Å². The quantitative estimate of drug-likeness (QED) is 0.858. The fourth-order valence-corrected chi connectivity index (χ4v) is 3.16. The van der Waals surface area contributed by atoms with E-state index in [2.05, 4.69) is 11.4 Å². The number of amides is 1. The van der Waals surface area contributed by atoms with E-state index in [9.17, 15) is 10.1 Å². The third-order valence-corrected chi connectivity index (χ3v) is 4.44. The van der Waals surface area contributed by atoms with E-state index in [0.29, 0.717) is 27.6 Å². The van der Waals surface area contributed by atoms with Crippen molar-refractivity contribution in [2.45, 2.75) is 12.8 Å². The van der Waals surface area contributed by atoms with E-state index < -0.39 is 5.92 Å². The number of nitrogens with two attached hydrogens (primary N) is 1. The van der Waals surface area contributed by atoms with Crippen LogP contribution in [0.25, 0.3) is 0 Å². The Kier molecular flexibility index (Phi) is 4.97. The van der Waals surface area contributed by atoms with Gasteiger partial charge in [-0.1, -0.05) is 48.0 Å². The molecule has 0 aliphatic carbocycles. The van der Waals surface area contributed by atoms with Crippen LogP contribution < -0.4 is 11.1 Å². The van der Waals surface area contributed by atoms with Crippen molar-refractivity contribution in [1.29, 1.82) is 5.26 Å². The zero-order valence-electron chi connectivity index (χ0n) is 14.0. The maximum Gasteiger partial charge on any atom is 0.255 e. The predicted molar refractivity (Wildman–Crippen MR) is 99.9 cm³/mol. The summed E-state index contributed by atoms with van der Waals surface area (Å²) in [7, 11) is 0. The van der Waals surface area contributed by atoms with Crippen molar-refractivity contribution < 1.29 is 9.53 Å². The Morgan fingerprint density at radius 2 is 1.85 bits per heavy atom. The number of carbonyl (C=O) groups excluding carboxylic acids is 1. The minimum atomic E-state index is -0.703. The SMILES string of the molecule is CC1=C(C(=O)Nc2ccccc2)C(c2ccccc2Cl)C(C#N)=C(N)O1. The number of hydrogen-bond donors (Lipinski definition) is 2. The van der Waals surface area contributed by atoms with Crippen LogP contribution in [0.2, 0.25) is 5.02 Å². The van der Waals surface area contributed by atoms with Crippen molar-refractivity contribution in [2.75, 3.05) is 5.32 Å². The normalized spacial score (nSPS) is 16.7. The number of ether oxygens (including phenoxy) is 1. The van der Waals surface area contributed by atoms with Gasteiger partial charge in [0.25, 0.3) is 5.91 Å². The van der Waals surface area contributed by atoms with Crippen molar-refractivity contribution in [3.63, 3.8) is 0 Å². The summed E-state index contributed by atoms with van der Waals surface area (Å²) in [5.74, 6) is -0.768. The van der Waals surface area contributed by atoms with E-state index in [-0.39, 0.29) is 17.4 Å². The molecule has 26 heavy (non-hydrogen) atoms. The Labute approximate surface area is 156 Å². The van der Waals surface area contributed by atoms with Crippen molar-refractivity contribution in [3.05, 3.63) is 88.0 Å². The second-order valence-corrected chi connectivity index (χ2v) is 6.14. The number of hydrogen-bond acceptors (Lipinski definition) is 4. The molecule has 1 aliphatic heterocycles. The van der Waals surface area contributed by atoms with Crippen LogP contribution in [0.5, 0.6) is 0 Å². The number of nitriles is 1. The summed E-state index contributed by atoms with van der Waals surface area (Å²) >= 11 is 6.34. The van der Waals surface area contributed by atoms with Gasteiger partial charge >= 0.3 is 0 Å². The van der Waals surface area contributed by atoms with Crippen molar-refractivity contribution in [2.24, 2.45) is 5.73 Å². The highest BCUT2D eigenvalue weighted by Crippen LogP contribution is 2.41. The second kappa shape index (κ2) is 7.34. The van der Waals surface area contributed by atoms with Gasteiger partial charge in [-0.2, -0.15) is 5.26 Å². The highest BCUT2D eigenvalue weighted by molar-refractivity contribution is 6.31. The Balaban J connectivity index is 2.09. The zero-order valence-corrected chi connectivity index (χ0v) is 14.7. The van der Waals surface area contributed by atoms with Gasteiger partial charge in [0.05, 0.1) is 11.5 Å². The first-order chi connectivity index (χ1) is 12.5. The molecule has 5 nitrogen and oxygen atoms in total. The molecule has 130 valence electrons. The Hall–Kier alpha value is -3.23. The minimum absolute atomic E-state index is 0.0221. The van der Waals surface area contributed by atoms with Crippen LogP contribution in [0, 0.1) is 11.3 Å². The lowest BCUT2D eigenvalue weighted by Gasteiger charge is -2.28. The number of rotatable bonds is 3. The number of anilines is 1. The smallest absolute Gasteiger partial charge is 0.255 e. The van der Waals surface area contributed by atoms with E-state index >= 15 is 0 Å². The number of allylic oxidation sites excluding steroid dienone is 2. The van der Waals surface area contributed by atoms with Crippen LogP contribution in [0.15, 0.2) is 77.4 Å². The summed E-state index contributed by atoms with van der Waals surface area (Å²) < 4.78 is 5.46. The monoisotopic (exact) mass is 365 g/mol. The maximum atomic E-state index is 13.0. The van der Waals surface area contributed by atoms with E-state index in [1.807, 2.05) is 18.2 Å². The molecule has 1 unspecified atom stereocenters. The molecular weight excluding hydrogens is 350 g/mol. The van der Waals surface area contributed by atoms with Gasteiger partial charge in [-0.15, -0.1) is 0 Å². The topological polar surface area (TPSA) is 88.1 Å². The van der Waals surface area contributed by atoms with Crippen LogP contribution in [-0.2, 0) is 9.53 Å². The fourth-order valence-electron chi connectivity index (χ4n) is 2.92. The molecule has 0 fully saturated rings. The predicted octanol–water partition coefficient (Wildman–Crippen LogP) is 4.06. The summed E-state index contributed by atoms with van der Waals surface area (Å²) in [4.78, 5) is 13.0. The third kappa shape index (κ3) is 3.28. The summed E-state index contributed by atoms with van der Waals surface area (Å²) in [6.45, 7) is 1.64.